The van der Waals surface area contributed by atoms with Gasteiger partial charge in [0, 0.05) is 21.3 Å². The zero-order valence-corrected chi connectivity index (χ0v) is 21.0. The lowest BCUT2D eigenvalue weighted by Gasteiger charge is -2.29. The van der Waals surface area contributed by atoms with Crippen LogP contribution in [0.4, 0.5) is 5.13 Å². The van der Waals surface area contributed by atoms with E-state index in [1.807, 2.05) is 0 Å². The van der Waals surface area contributed by atoms with Gasteiger partial charge >= 0.3 is 0 Å². The Labute approximate surface area is 212 Å². The van der Waals surface area contributed by atoms with Gasteiger partial charge in [0.2, 0.25) is 5.13 Å². The summed E-state index contributed by atoms with van der Waals surface area (Å²) in [6, 6.07) is 29.9. The first-order valence-electron chi connectivity index (χ1n) is 11.7. The molecule has 2 atom stereocenters. The number of benzene rings is 3. The quantitative estimate of drug-likeness (QED) is 0.267. The van der Waals surface area contributed by atoms with Gasteiger partial charge in [0.15, 0.2) is 0 Å². The van der Waals surface area contributed by atoms with Crippen molar-refractivity contribution < 1.29 is 0 Å². The van der Waals surface area contributed by atoms with Crippen molar-refractivity contribution in [2.24, 2.45) is 11.0 Å². The maximum Gasteiger partial charge on any atom is 0.207 e. The van der Waals surface area contributed by atoms with Crippen LogP contribution in [0.1, 0.15) is 36.4 Å². The summed E-state index contributed by atoms with van der Waals surface area (Å²) in [5.74, 6) is 0.367. The highest BCUT2D eigenvalue weighted by molar-refractivity contribution is 9.10. The fraction of sp³-hybridized carbons (Fsp3) is 0.172. The normalized spacial score (nSPS) is 20.9. The lowest BCUT2D eigenvalue weighted by Crippen LogP contribution is -2.28. The number of halogens is 1. The molecule has 0 N–H and O–H groups in total. The van der Waals surface area contributed by atoms with Crippen molar-refractivity contribution in [3.8, 4) is 11.3 Å². The molecular weight excluding hydrogens is 502 g/mol. The van der Waals surface area contributed by atoms with Gasteiger partial charge in [-0.3, -0.25) is 0 Å². The van der Waals surface area contributed by atoms with Crippen molar-refractivity contribution >= 4 is 44.2 Å². The van der Waals surface area contributed by atoms with Crippen LogP contribution in [0.25, 0.3) is 17.3 Å². The molecule has 2 aliphatic rings. The van der Waals surface area contributed by atoms with Crippen LogP contribution in [-0.4, -0.2) is 10.7 Å². The summed E-state index contributed by atoms with van der Waals surface area (Å²) in [5.41, 5.74) is 7.24. The molecule has 0 bridgehead atoms. The third kappa shape index (κ3) is 4.15. The standard InChI is InChI=1S/C29H24BrN3S/c30-24-16-14-21(15-17-24)26-19-34-29(31-26)33-28(22-10-5-2-6-11-22)25-13-7-12-23(27(25)32-33)18-20-8-3-1-4-9-20/h1-6,8-11,14-19,25,28H,7,12-13H2. The van der Waals surface area contributed by atoms with Gasteiger partial charge < -0.3 is 0 Å². The van der Waals surface area contributed by atoms with Gasteiger partial charge in [0.25, 0.3) is 0 Å². The number of anilines is 1. The molecule has 2 unspecified atom stereocenters. The second-order valence-electron chi connectivity index (χ2n) is 8.79. The molecule has 0 amide bonds. The third-order valence-corrected chi connectivity index (χ3v) is 7.97. The minimum absolute atomic E-state index is 0.166. The second-order valence-corrected chi connectivity index (χ2v) is 10.5. The first kappa shape index (κ1) is 21.5. The summed E-state index contributed by atoms with van der Waals surface area (Å²) >= 11 is 5.20. The topological polar surface area (TPSA) is 28.5 Å². The molecule has 0 saturated heterocycles. The average Bonchev–Trinajstić information content (AvgIpc) is 3.51. The van der Waals surface area contributed by atoms with Crippen molar-refractivity contribution in [1.29, 1.82) is 0 Å². The Morgan fingerprint density at radius 3 is 2.41 bits per heavy atom. The van der Waals surface area contributed by atoms with Crippen LogP contribution >= 0.6 is 27.3 Å². The zero-order valence-electron chi connectivity index (χ0n) is 18.6. The highest BCUT2D eigenvalue weighted by atomic mass is 79.9. The SMILES string of the molecule is Brc1ccc(-c2csc(N3N=C4C(=Cc5ccccc5)CCCC4C3c3ccccc3)n2)cc1. The molecule has 1 aromatic heterocycles. The number of rotatable bonds is 4. The van der Waals surface area contributed by atoms with Crippen LogP contribution in [0.15, 0.2) is 105 Å². The molecule has 0 spiro atoms. The zero-order chi connectivity index (χ0) is 22.9. The molecular formula is C29H24BrN3S. The smallest absolute Gasteiger partial charge is 0.207 e. The van der Waals surface area contributed by atoms with E-state index in [9.17, 15) is 0 Å². The molecule has 1 aliphatic heterocycles. The minimum Gasteiger partial charge on any atom is -0.231 e. The molecule has 2 heterocycles. The van der Waals surface area contributed by atoms with Gasteiger partial charge in [0.05, 0.1) is 17.4 Å². The van der Waals surface area contributed by atoms with E-state index in [0.29, 0.717) is 5.92 Å². The summed E-state index contributed by atoms with van der Waals surface area (Å²) in [6.45, 7) is 0. The van der Waals surface area contributed by atoms with Crippen molar-refractivity contribution in [1.82, 2.24) is 4.98 Å². The first-order valence-corrected chi connectivity index (χ1v) is 13.3. The predicted octanol–water partition coefficient (Wildman–Crippen LogP) is 8.37. The van der Waals surface area contributed by atoms with E-state index in [2.05, 4.69) is 117 Å². The van der Waals surface area contributed by atoms with Crippen LogP contribution in [0.5, 0.6) is 0 Å². The minimum atomic E-state index is 0.166. The lowest BCUT2D eigenvalue weighted by atomic mass is 9.77. The van der Waals surface area contributed by atoms with Crippen molar-refractivity contribution in [2.75, 3.05) is 5.01 Å². The lowest BCUT2D eigenvalue weighted by molar-refractivity contribution is 0.487. The van der Waals surface area contributed by atoms with E-state index in [1.165, 1.54) is 28.8 Å². The first-order chi connectivity index (χ1) is 16.8. The molecule has 3 aromatic carbocycles. The van der Waals surface area contributed by atoms with Crippen LogP contribution in [0.3, 0.4) is 0 Å². The molecule has 1 saturated carbocycles. The molecule has 3 nitrogen and oxygen atoms in total. The van der Waals surface area contributed by atoms with Gasteiger partial charge in [-0.2, -0.15) is 5.10 Å². The monoisotopic (exact) mass is 525 g/mol. The van der Waals surface area contributed by atoms with E-state index >= 15 is 0 Å². The highest BCUT2D eigenvalue weighted by Crippen LogP contribution is 2.47. The summed E-state index contributed by atoms with van der Waals surface area (Å²) in [4.78, 5) is 5.04. The Morgan fingerprint density at radius 2 is 1.65 bits per heavy atom. The van der Waals surface area contributed by atoms with Crippen LogP contribution in [0, 0.1) is 5.92 Å². The summed E-state index contributed by atoms with van der Waals surface area (Å²) < 4.78 is 1.07. The molecule has 34 heavy (non-hydrogen) atoms. The Kier molecular flexibility index (Phi) is 5.90. The third-order valence-electron chi connectivity index (χ3n) is 6.61. The van der Waals surface area contributed by atoms with Crippen LogP contribution in [-0.2, 0) is 0 Å². The summed E-state index contributed by atoms with van der Waals surface area (Å²) in [7, 11) is 0. The maximum atomic E-state index is 5.26. The van der Waals surface area contributed by atoms with Crippen molar-refractivity contribution in [2.45, 2.75) is 25.3 Å². The number of hydrogen-bond donors (Lipinski definition) is 0. The van der Waals surface area contributed by atoms with Gasteiger partial charge in [-0.25, -0.2) is 9.99 Å². The number of thiazole rings is 1. The molecule has 6 rings (SSSR count). The fourth-order valence-electron chi connectivity index (χ4n) is 5.01. The number of hydrazone groups is 1. The summed E-state index contributed by atoms with van der Waals surface area (Å²) in [6.07, 6.45) is 5.72. The molecule has 1 fully saturated rings. The number of nitrogens with zero attached hydrogens (tertiary/aromatic N) is 3. The molecule has 168 valence electrons. The largest absolute Gasteiger partial charge is 0.231 e. The van der Waals surface area contributed by atoms with Crippen molar-refractivity contribution in [3.05, 3.63) is 111 Å². The molecule has 4 aromatic rings. The van der Waals surface area contributed by atoms with E-state index < -0.39 is 0 Å². The summed E-state index contributed by atoms with van der Waals surface area (Å²) in [5, 5.41) is 10.5. The molecule has 0 radical (unpaired) electrons. The Hall–Kier alpha value is -3.02. The molecule has 5 heteroatoms. The van der Waals surface area contributed by atoms with Gasteiger partial charge in [-0.1, -0.05) is 88.7 Å². The number of aromatic nitrogens is 1. The Morgan fingerprint density at radius 1 is 0.912 bits per heavy atom. The fourth-order valence-corrected chi connectivity index (χ4v) is 6.10. The molecule has 1 aliphatic carbocycles. The van der Waals surface area contributed by atoms with Crippen LogP contribution < -0.4 is 5.01 Å². The van der Waals surface area contributed by atoms with Crippen LogP contribution in [0.2, 0.25) is 0 Å². The number of hydrogen-bond acceptors (Lipinski definition) is 4. The number of fused-ring (bicyclic) bond motifs is 1. The van der Waals surface area contributed by atoms with E-state index in [0.717, 1.165) is 33.7 Å². The van der Waals surface area contributed by atoms with E-state index in [-0.39, 0.29) is 6.04 Å². The van der Waals surface area contributed by atoms with E-state index in [4.69, 9.17) is 10.1 Å². The second kappa shape index (κ2) is 9.32. The Balaban J connectivity index is 1.42. The predicted molar refractivity (Wildman–Crippen MR) is 146 cm³/mol. The number of allylic oxidation sites excluding steroid dienone is 1. The van der Waals surface area contributed by atoms with Gasteiger partial charge in [0.1, 0.15) is 0 Å². The average molecular weight is 527 g/mol. The highest BCUT2D eigenvalue weighted by Gasteiger charge is 2.42. The van der Waals surface area contributed by atoms with Gasteiger partial charge in [-0.15, -0.1) is 11.3 Å². The Bertz CT molecular complexity index is 1340. The van der Waals surface area contributed by atoms with Gasteiger partial charge in [-0.05, 0) is 54.2 Å². The maximum absolute atomic E-state index is 5.26. The van der Waals surface area contributed by atoms with Crippen molar-refractivity contribution in [3.63, 3.8) is 0 Å². The van der Waals surface area contributed by atoms with E-state index in [1.54, 1.807) is 11.3 Å².